The molecule has 172 valence electrons. The van der Waals surface area contributed by atoms with E-state index in [0.29, 0.717) is 12.0 Å². The lowest BCUT2D eigenvalue weighted by Gasteiger charge is -2.37. The molecule has 2 aromatic carbocycles. The average Bonchev–Trinajstić information content (AvgIpc) is 2.82. The first kappa shape index (κ1) is 23.9. The third-order valence-corrected chi connectivity index (χ3v) is 7.72. The van der Waals surface area contributed by atoms with Crippen molar-refractivity contribution in [3.05, 3.63) is 66.0 Å². The van der Waals surface area contributed by atoms with E-state index < -0.39 is 21.9 Å². The first-order chi connectivity index (χ1) is 15.2. The Hall–Kier alpha value is -2.78. The number of halogens is 1. The first-order valence-electron chi connectivity index (χ1n) is 10.6. The highest BCUT2D eigenvalue weighted by molar-refractivity contribution is 7.89. The summed E-state index contributed by atoms with van der Waals surface area (Å²) in [4.78, 5) is 27.5. The van der Waals surface area contributed by atoms with Crippen LogP contribution in [-0.2, 0) is 14.8 Å². The minimum atomic E-state index is -3.77. The smallest absolute Gasteiger partial charge is 0.251 e. The van der Waals surface area contributed by atoms with Crippen LogP contribution in [0.15, 0.2) is 59.5 Å². The predicted molar refractivity (Wildman–Crippen MR) is 119 cm³/mol. The Morgan fingerprint density at radius 2 is 1.59 bits per heavy atom. The van der Waals surface area contributed by atoms with Gasteiger partial charge in [0.25, 0.3) is 5.91 Å². The summed E-state index contributed by atoms with van der Waals surface area (Å²) in [7, 11) is -3.77. The van der Waals surface area contributed by atoms with Gasteiger partial charge in [-0.05, 0) is 42.3 Å². The van der Waals surface area contributed by atoms with E-state index in [9.17, 15) is 22.4 Å². The van der Waals surface area contributed by atoms with Crippen molar-refractivity contribution in [2.45, 2.75) is 31.2 Å². The fourth-order valence-corrected chi connectivity index (χ4v) is 5.02. The van der Waals surface area contributed by atoms with E-state index in [1.807, 2.05) is 19.9 Å². The average molecular weight is 462 g/mol. The van der Waals surface area contributed by atoms with Crippen molar-refractivity contribution in [1.82, 2.24) is 14.5 Å². The number of hydrogen-bond donors (Lipinski definition) is 1. The van der Waals surface area contributed by atoms with E-state index in [4.69, 9.17) is 0 Å². The van der Waals surface area contributed by atoms with Gasteiger partial charge < -0.3 is 10.2 Å². The third-order valence-electron chi connectivity index (χ3n) is 5.80. The van der Waals surface area contributed by atoms with Crippen molar-refractivity contribution in [1.29, 1.82) is 0 Å². The van der Waals surface area contributed by atoms with Gasteiger partial charge in [-0.2, -0.15) is 4.31 Å². The molecule has 0 unspecified atom stereocenters. The zero-order valence-corrected chi connectivity index (χ0v) is 19.0. The monoisotopic (exact) mass is 461 g/mol. The van der Waals surface area contributed by atoms with Crippen LogP contribution in [-0.4, -0.2) is 61.7 Å². The molecular formula is C23H28FN3O4S. The highest BCUT2D eigenvalue weighted by atomic mass is 32.2. The molecule has 3 rings (SSSR count). The number of nitrogens with one attached hydrogen (secondary N) is 1. The van der Waals surface area contributed by atoms with Crippen molar-refractivity contribution >= 4 is 21.8 Å². The summed E-state index contributed by atoms with van der Waals surface area (Å²) in [6, 6.07) is 12.7. The number of nitrogens with zero attached hydrogens (tertiary/aromatic N) is 2. The maximum absolute atomic E-state index is 13.2. The molecule has 0 saturated carbocycles. The Balaban J connectivity index is 1.67. The van der Waals surface area contributed by atoms with Gasteiger partial charge >= 0.3 is 0 Å². The van der Waals surface area contributed by atoms with Gasteiger partial charge in [-0.1, -0.05) is 38.5 Å². The quantitative estimate of drug-likeness (QED) is 0.687. The molecular weight excluding hydrogens is 433 g/mol. The summed E-state index contributed by atoms with van der Waals surface area (Å²) in [5, 5.41) is 2.86. The molecule has 9 heteroatoms. The molecule has 1 saturated heterocycles. The lowest BCUT2D eigenvalue weighted by atomic mass is 9.97. The zero-order chi connectivity index (χ0) is 23.3. The fraction of sp³-hybridized carbons (Fsp3) is 0.391. The van der Waals surface area contributed by atoms with Gasteiger partial charge in [0.05, 0.1) is 4.90 Å². The van der Waals surface area contributed by atoms with Crippen LogP contribution in [0.1, 0.15) is 30.6 Å². The van der Waals surface area contributed by atoms with Crippen LogP contribution < -0.4 is 5.32 Å². The number of piperazine rings is 1. The second-order valence-electron chi connectivity index (χ2n) is 7.89. The van der Waals surface area contributed by atoms with Crippen molar-refractivity contribution in [3.8, 4) is 0 Å². The largest absolute Gasteiger partial charge is 0.340 e. The molecule has 2 atom stereocenters. The molecule has 2 amide bonds. The number of hydrogen-bond acceptors (Lipinski definition) is 4. The Kier molecular flexibility index (Phi) is 7.63. The summed E-state index contributed by atoms with van der Waals surface area (Å²) >= 11 is 0. The minimum absolute atomic E-state index is 0.0197. The van der Waals surface area contributed by atoms with Gasteiger partial charge in [-0.15, -0.1) is 0 Å². The molecule has 32 heavy (non-hydrogen) atoms. The van der Waals surface area contributed by atoms with Crippen LogP contribution in [0.25, 0.3) is 0 Å². The molecule has 1 fully saturated rings. The van der Waals surface area contributed by atoms with Crippen molar-refractivity contribution in [3.63, 3.8) is 0 Å². The van der Waals surface area contributed by atoms with E-state index in [1.165, 1.54) is 16.4 Å². The fourth-order valence-electron chi connectivity index (χ4n) is 3.60. The predicted octanol–water partition coefficient (Wildman–Crippen LogP) is 2.50. The number of benzene rings is 2. The van der Waals surface area contributed by atoms with Gasteiger partial charge in [-0.3, -0.25) is 9.59 Å². The number of carbonyl (C=O) groups excluding carboxylic acids is 2. The second-order valence-corrected chi connectivity index (χ2v) is 9.82. The summed E-state index contributed by atoms with van der Waals surface area (Å²) in [5.41, 5.74) is 0.476. The van der Waals surface area contributed by atoms with E-state index in [1.54, 1.807) is 29.2 Å². The number of sulfonamides is 1. The Morgan fingerprint density at radius 3 is 2.16 bits per heavy atom. The lowest BCUT2D eigenvalue weighted by Crippen LogP contribution is -2.57. The van der Waals surface area contributed by atoms with Crippen LogP contribution in [0.3, 0.4) is 0 Å². The highest BCUT2D eigenvalue weighted by Crippen LogP contribution is 2.20. The molecule has 7 nitrogen and oxygen atoms in total. The summed E-state index contributed by atoms with van der Waals surface area (Å²) in [6.07, 6.45) is 0.699. The summed E-state index contributed by atoms with van der Waals surface area (Å²) < 4.78 is 40.1. The molecule has 0 radical (unpaired) electrons. The Morgan fingerprint density at radius 1 is 1.00 bits per heavy atom. The summed E-state index contributed by atoms with van der Waals surface area (Å²) in [6.45, 7) is 4.55. The molecule has 2 aromatic rings. The lowest BCUT2D eigenvalue weighted by molar-refractivity contribution is -0.135. The van der Waals surface area contributed by atoms with Gasteiger partial charge in [-0.25, -0.2) is 12.8 Å². The van der Waals surface area contributed by atoms with E-state index >= 15 is 0 Å². The molecule has 0 bridgehead atoms. The maximum atomic E-state index is 13.2. The normalized spacial score (nSPS) is 16.9. The Labute approximate surface area is 188 Å². The van der Waals surface area contributed by atoms with Gasteiger partial charge in [0, 0.05) is 31.7 Å². The van der Waals surface area contributed by atoms with Gasteiger partial charge in [0.15, 0.2) is 0 Å². The molecule has 1 aliphatic rings. The number of amides is 2. The molecule has 1 aliphatic heterocycles. The van der Waals surface area contributed by atoms with Crippen molar-refractivity contribution in [2.24, 2.45) is 5.92 Å². The molecule has 0 spiro atoms. The van der Waals surface area contributed by atoms with Crippen LogP contribution in [0.2, 0.25) is 0 Å². The van der Waals surface area contributed by atoms with E-state index in [-0.39, 0.29) is 48.8 Å². The van der Waals surface area contributed by atoms with Crippen molar-refractivity contribution in [2.75, 3.05) is 26.2 Å². The SMILES string of the molecule is CC[C@H](C)[C@H](NC(=O)c1ccccc1)C(=O)N1CCN(S(=O)(=O)c2ccc(F)cc2)CC1. The molecule has 0 aliphatic carbocycles. The standard InChI is InChI=1S/C23H28FN3O4S/c1-3-17(2)21(25-22(28)18-7-5-4-6-8-18)23(29)26-13-15-27(16-14-26)32(30,31)20-11-9-19(24)10-12-20/h4-12,17,21H,3,13-16H2,1-2H3,(H,25,28)/t17-,21-/m0/s1. The summed E-state index contributed by atoms with van der Waals surface area (Å²) in [5.74, 6) is -1.13. The molecule has 1 heterocycles. The van der Waals surface area contributed by atoms with Crippen LogP contribution in [0, 0.1) is 11.7 Å². The molecule has 0 aromatic heterocycles. The van der Waals surface area contributed by atoms with Crippen LogP contribution >= 0.6 is 0 Å². The van der Waals surface area contributed by atoms with Crippen molar-refractivity contribution < 1.29 is 22.4 Å². The van der Waals surface area contributed by atoms with E-state index in [2.05, 4.69) is 5.32 Å². The van der Waals surface area contributed by atoms with Crippen LogP contribution in [0.5, 0.6) is 0 Å². The molecule has 1 N–H and O–H groups in total. The third kappa shape index (κ3) is 5.34. The first-order valence-corrected chi connectivity index (χ1v) is 12.1. The maximum Gasteiger partial charge on any atom is 0.251 e. The Bertz CT molecular complexity index is 1040. The second kappa shape index (κ2) is 10.2. The van der Waals surface area contributed by atoms with Gasteiger partial charge in [0.1, 0.15) is 11.9 Å². The van der Waals surface area contributed by atoms with Gasteiger partial charge in [0.2, 0.25) is 15.9 Å². The number of carbonyl (C=O) groups is 2. The zero-order valence-electron chi connectivity index (χ0n) is 18.2. The topological polar surface area (TPSA) is 86.8 Å². The van der Waals surface area contributed by atoms with Crippen LogP contribution in [0.4, 0.5) is 4.39 Å². The van der Waals surface area contributed by atoms with E-state index in [0.717, 1.165) is 12.1 Å². The number of rotatable bonds is 7. The highest BCUT2D eigenvalue weighted by Gasteiger charge is 2.35. The minimum Gasteiger partial charge on any atom is -0.340 e.